The minimum absolute atomic E-state index is 0.0807. The molecular formula is C39H28BNO. The van der Waals surface area contributed by atoms with E-state index in [1.54, 1.807) is 0 Å². The third kappa shape index (κ3) is 3.17. The van der Waals surface area contributed by atoms with Crippen LogP contribution in [0.3, 0.4) is 0 Å². The highest BCUT2D eigenvalue weighted by molar-refractivity contribution is 6.99. The largest absolute Gasteiger partial charge is 0.458 e. The Labute approximate surface area is 245 Å². The van der Waals surface area contributed by atoms with Crippen molar-refractivity contribution in [2.75, 3.05) is 0 Å². The molecule has 6 aromatic carbocycles. The number of benzene rings is 6. The number of hydrogen-bond acceptors (Lipinski definition) is 1. The second kappa shape index (κ2) is 8.50. The van der Waals surface area contributed by atoms with Gasteiger partial charge in [0.1, 0.15) is 11.5 Å². The second-order valence-corrected chi connectivity index (χ2v) is 11.9. The Morgan fingerprint density at radius 1 is 0.571 bits per heavy atom. The SMILES string of the molecule is Cc1cc(C)c(-c2cc3c4c(c2)-n2c5ccccc5c5cccc(c52)B4c2cc(-c4ccccc4)ccc2O3)c(C)c1. The van der Waals surface area contributed by atoms with E-state index in [2.05, 4.69) is 141 Å². The first-order chi connectivity index (χ1) is 20.6. The van der Waals surface area contributed by atoms with Gasteiger partial charge in [0.15, 0.2) is 0 Å². The van der Waals surface area contributed by atoms with Crippen molar-refractivity contribution in [3.05, 3.63) is 132 Å². The summed E-state index contributed by atoms with van der Waals surface area (Å²) in [5.74, 6) is 1.89. The second-order valence-electron chi connectivity index (χ2n) is 11.9. The number of ether oxygens (including phenoxy) is 1. The lowest BCUT2D eigenvalue weighted by Crippen LogP contribution is -2.58. The molecule has 2 nitrogen and oxygen atoms in total. The molecule has 0 bridgehead atoms. The van der Waals surface area contributed by atoms with Gasteiger partial charge in [0.05, 0.1) is 5.52 Å². The maximum absolute atomic E-state index is 6.87. The Balaban J connectivity index is 1.41. The zero-order valence-electron chi connectivity index (χ0n) is 23.9. The molecule has 0 saturated carbocycles. The molecule has 0 amide bonds. The van der Waals surface area contributed by atoms with Gasteiger partial charge >= 0.3 is 0 Å². The van der Waals surface area contributed by atoms with Crippen molar-refractivity contribution in [1.29, 1.82) is 0 Å². The summed E-state index contributed by atoms with van der Waals surface area (Å²) in [6.07, 6.45) is 0. The zero-order valence-corrected chi connectivity index (χ0v) is 23.9. The molecule has 0 radical (unpaired) electrons. The van der Waals surface area contributed by atoms with E-state index in [0.717, 1.165) is 11.5 Å². The summed E-state index contributed by atoms with van der Waals surface area (Å²) in [6.45, 7) is 6.71. The van der Waals surface area contributed by atoms with Gasteiger partial charge in [0.25, 0.3) is 6.71 Å². The van der Waals surface area contributed by atoms with Gasteiger partial charge in [-0.2, -0.15) is 0 Å². The fraction of sp³-hybridized carbons (Fsp3) is 0.0769. The highest BCUT2D eigenvalue weighted by atomic mass is 16.5. The summed E-state index contributed by atoms with van der Waals surface area (Å²) in [4.78, 5) is 0. The van der Waals surface area contributed by atoms with Crippen LogP contribution in [0, 0.1) is 20.8 Å². The standard InChI is InChI=1S/C39H28BNO/c1-23-18-24(2)37(25(3)19-23)28-21-34-38-36(22-28)42-35-17-16-27(26-10-5-4-6-11-26)20-32(35)40(38)31-14-9-13-30-29-12-7-8-15-33(29)41(34)39(30)31/h4-22H,1-3H3. The summed E-state index contributed by atoms with van der Waals surface area (Å²) < 4.78 is 9.36. The van der Waals surface area contributed by atoms with E-state index >= 15 is 0 Å². The Bertz CT molecular complexity index is 2240. The van der Waals surface area contributed by atoms with E-state index in [1.807, 2.05) is 0 Å². The number of aryl methyl sites for hydroxylation is 3. The van der Waals surface area contributed by atoms with Crippen molar-refractivity contribution in [3.63, 3.8) is 0 Å². The molecule has 0 fully saturated rings. The molecule has 0 unspecified atom stereocenters. The first kappa shape index (κ1) is 23.7. The first-order valence-electron chi connectivity index (χ1n) is 14.7. The fourth-order valence-corrected chi connectivity index (χ4v) is 7.75. The van der Waals surface area contributed by atoms with Crippen LogP contribution in [0.1, 0.15) is 16.7 Å². The monoisotopic (exact) mass is 537 g/mol. The summed E-state index contributed by atoms with van der Waals surface area (Å²) in [7, 11) is 0. The van der Waals surface area contributed by atoms with Gasteiger partial charge in [0.2, 0.25) is 0 Å². The van der Waals surface area contributed by atoms with Gasteiger partial charge in [-0.1, -0.05) is 96.6 Å². The van der Waals surface area contributed by atoms with Crippen LogP contribution in [0.15, 0.2) is 115 Å². The van der Waals surface area contributed by atoms with Crippen molar-refractivity contribution in [1.82, 2.24) is 4.57 Å². The molecule has 0 aliphatic carbocycles. The molecule has 9 rings (SSSR count). The molecule has 2 aliphatic heterocycles. The summed E-state index contributed by atoms with van der Waals surface area (Å²) in [6, 6.07) is 42.3. The molecule has 0 spiro atoms. The maximum Gasteiger partial charge on any atom is 0.256 e. The van der Waals surface area contributed by atoms with Gasteiger partial charge in [0, 0.05) is 22.0 Å². The molecule has 3 heterocycles. The van der Waals surface area contributed by atoms with Crippen LogP contribution in [0.5, 0.6) is 11.5 Å². The fourth-order valence-electron chi connectivity index (χ4n) is 7.75. The average Bonchev–Trinajstić information content (AvgIpc) is 3.34. The number of aromatic nitrogens is 1. The van der Waals surface area contributed by atoms with Crippen LogP contribution >= 0.6 is 0 Å². The third-order valence-electron chi connectivity index (χ3n) is 9.30. The molecule has 198 valence electrons. The van der Waals surface area contributed by atoms with Gasteiger partial charge < -0.3 is 9.30 Å². The molecule has 3 heteroatoms. The lowest BCUT2D eigenvalue weighted by molar-refractivity contribution is 0.487. The van der Waals surface area contributed by atoms with Crippen LogP contribution in [0.2, 0.25) is 0 Å². The summed E-state index contributed by atoms with van der Waals surface area (Å²) in [5.41, 5.74) is 16.4. The highest BCUT2D eigenvalue weighted by Gasteiger charge is 2.41. The van der Waals surface area contributed by atoms with Gasteiger partial charge in [-0.25, -0.2) is 0 Å². The summed E-state index contributed by atoms with van der Waals surface area (Å²) in [5, 5.41) is 2.59. The minimum Gasteiger partial charge on any atom is -0.458 e. The molecule has 42 heavy (non-hydrogen) atoms. The van der Waals surface area contributed by atoms with Gasteiger partial charge in [-0.3, -0.25) is 0 Å². The quantitative estimate of drug-likeness (QED) is 0.204. The molecule has 0 N–H and O–H groups in total. The van der Waals surface area contributed by atoms with E-state index in [-0.39, 0.29) is 6.71 Å². The number of fused-ring (bicyclic) bond motifs is 7. The van der Waals surface area contributed by atoms with Crippen LogP contribution in [0.25, 0.3) is 49.7 Å². The van der Waals surface area contributed by atoms with Crippen LogP contribution in [-0.2, 0) is 0 Å². The molecule has 1 aromatic heterocycles. The smallest absolute Gasteiger partial charge is 0.256 e. The molecular weight excluding hydrogens is 509 g/mol. The number of hydrogen-bond donors (Lipinski definition) is 0. The van der Waals surface area contributed by atoms with Crippen LogP contribution in [-0.4, -0.2) is 11.3 Å². The molecule has 7 aromatic rings. The lowest BCUT2D eigenvalue weighted by atomic mass is 9.34. The number of para-hydroxylation sites is 2. The van der Waals surface area contributed by atoms with Crippen molar-refractivity contribution in [2.45, 2.75) is 20.8 Å². The van der Waals surface area contributed by atoms with E-state index in [9.17, 15) is 0 Å². The van der Waals surface area contributed by atoms with Crippen molar-refractivity contribution in [2.24, 2.45) is 0 Å². The predicted octanol–water partition coefficient (Wildman–Crippen LogP) is 7.98. The normalized spacial score (nSPS) is 12.8. The average molecular weight is 537 g/mol. The van der Waals surface area contributed by atoms with Gasteiger partial charge in [-0.05, 0) is 94.8 Å². The highest BCUT2D eigenvalue weighted by Crippen LogP contribution is 2.41. The Hall–Kier alpha value is -5.02. The third-order valence-corrected chi connectivity index (χ3v) is 9.30. The molecule has 0 saturated heterocycles. The van der Waals surface area contributed by atoms with Crippen molar-refractivity contribution < 1.29 is 4.74 Å². The summed E-state index contributed by atoms with van der Waals surface area (Å²) >= 11 is 0. The van der Waals surface area contributed by atoms with Crippen LogP contribution < -0.4 is 21.1 Å². The van der Waals surface area contributed by atoms with E-state index in [1.165, 1.54) is 82.8 Å². The first-order valence-corrected chi connectivity index (χ1v) is 14.7. The topological polar surface area (TPSA) is 14.2 Å². The minimum atomic E-state index is 0.0807. The van der Waals surface area contributed by atoms with E-state index < -0.39 is 0 Å². The van der Waals surface area contributed by atoms with Gasteiger partial charge in [-0.15, -0.1) is 0 Å². The van der Waals surface area contributed by atoms with Crippen molar-refractivity contribution in [3.8, 4) is 39.4 Å². The maximum atomic E-state index is 6.87. The van der Waals surface area contributed by atoms with E-state index in [0.29, 0.717) is 0 Å². The number of rotatable bonds is 2. The van der Waals surface area contributed by atoms with Crippen molar-refractivity contribution >= 4 is 44.9 Å². The molecule has 0 atom stereocenters. The Morgan fingerprint density at radius 3 is 2.17 bits per heavy atom. The predicted molar refractivity (Wildman–Crippen MR) is 177 cm³/mol. The zero-order chi connectivity index (χ0) is 28.1. The Kier molecular flexibility index (Phi) is 4.79. The number of nitrogens with zero attached hydrogens (tertiary/aromatic N) is 1. The molecule has 2 aliphatic rings. The Morgan fingerprint density at radius 2 is 1.33 bits per heavy atom. The van der Waals surface area contributed by atoms with E-state index in [4.69, 9.17) is 4.74 Å². The lowest BCUT2D eigenvalue weighted by Gasteiger charge is -2.34. The van der Waals surface area contributed by atoms with Crippen LogP contribution in [0.4, 0.5) is 0 Å².